The second kappa shape index (κ2) is 8.34. The van der Waals surface area contributed by atoms with Gasteiger partial charge in [0.2, 0.25) is 0 Å². The Morgan fingerprint density at radius 2 is 1.96 bits per heavy atom. The summed E-state index contributed by atoms with van der Waals surface area (Å²) in [5.41, 5.74) is 0.959. The predicted octanol–water partition coefficient (Wildman–Crippen LogP) is 3.37. The molecule has 0 saturated carbocycles. The lowest BCUT2D eigenvalue weighted by Crippen LogP contribution is -2.55. The van der Waals surface area contributed by atoms with Gasteiger partial charge in [-0.1, -0.05) is 27.7 Å². The van der Waals surface area contributed by atoms with E-state index >= 15 is 0 Å². The fourth-order valence-corrected chi connectivity index (χ4v) is 3.13. The molecule has 1 heterocycles. The molecule has 0 spiro atoms. The van der Waals surface area contributed by atoms with E-state index in [9.17, 15) is 14.4 Å². The summed E-state index contributed by atoms with van der Waals surface area (Å²) in [6.45, 7) is 7.54. The molecule has 0 aromatic heterocycles. The normalized spacial score (nSPS) is 17.5. The second-order valence-corrected chi connectivity index (χ2v) is 6.79. The number of benzene rings is 1. The first kappa shape index (κ1) is 19.9. The molecule has 1 aliphatic rings. The molecule has 0 N–H and O–H groups in total. The van der Waals surface area contributed by atoms with Gasteiger partial charge in [0.15, 0.2) is 11.9 Å². The van der Waals surface area contributed by atoms with Gasteiger partial charge in [-0.3, -0.25) is 14.5 Å². The summed E-state index contributed by atoms with van der Waals surface area (Å²) in [6, 6.07) is 4.30. The number of carbonyl (C=O) groups excluding carboxylic acids is 3. The minimum atomic E-state index is -0.757. The van der Waals surface area contributed by atoms with Gasteiger partial charge in [0.1, 0.15) is 11.8 Å². The Labute approximate surface area is 154 Å². The van der Waals surface area contributed by atoms with Gasteiger partial charge in [0.25, 0.3) is 5.91 Å². The number of amides is 1. The van der Waals surface area contributed by atoms with Gasteiger partial charge >= 0.3 is 5.97 Å². The standard InChI is InChI=1S/C20H27NO5/c1-6-8-16(22)13-9-10-17-15(11-13)21(14(7-2)20(24)25-5)19(23)18(26-17)12(3)4/h9-12,14,18H,6-8H2,1-5H3. The van der Waals surface area contributed by atoms with Gasteiger partial charge in [-0.15, -0.1) is 0 Å². The lowest BCUT2D eigenvalue weighted by atomic mass is 9.98. The van der Waals surface area contributed by atoms with Crippen molar-refractivity contribution in [1.82, 2.24) is 0 Å². The summed E-state index contributed by atoms with van der Waals surface area (Å²) >= 11 is 0. The topological polar surface area (TPSA) is 72.9 Å². The highest BCUT2D eigenvalue weighted by molar-refractivity contribution is 6.06. The van der Waals surface area contributed by atoms with Crippen LogP contribution >= 0.6 is 0 Å². The largest absolute Gasteiger partial charge is 0.478 e. The molecule has 1 aromatic carbocycles. The highest BCUT2D eigenvalue weighted by Gasteiger charge is 2.42. The van der Waals surface area contributed by atoms with Crippen molar-refractivity contribution in [3.63, 3.8) is 0 Å². The number of hydrogen-bond donors (Lipinski definition) is 0. The first-order valence-electron chi connectivity index (χ1n) is 9.10. The molecule has 1 aliphatic heterocycles. The van der Waals surface area contributed by atoms with E-state index in [0.717, 1.165) is 6.42 Å². The highest BCUT2D eigenvalue weighted by atomic mass is 16.5. The highest BCUT2D eigenvalue weighted by Crippen LogP contribution is 2.38. The molecule has 2 rings (SSSR count). The Morgan fingerprint density at radius 3 is 2.50 bits per heavy atom. The van der Waals surface area contributed by atoms with Gasteiger partial charge < -0.3 is 9.47 Å². The number of esters is 1. The van der Waals surface area contributed by atoms with Crippen molar-refractivity contribution in [3.8, 4) is 5.75 Å². The maximum atomic E-state index is 13.1. The third-order valence-corrected chi connectivity index (χ3v) is 4.53. The molecule has 142 valence electrons. The van der Waals surface area contributed by atoms with Crippen molar-refractivity contribution < 1.29 is 23.9 Å². The van der Waals surface area contributed by atoms with Gasteiger partial charge in [-0.2, -0.15) is 0 Å². The zero-order valence-electron chi connectivity index (χ0n) is 16.1. The van der Waals surface area contributed by atoms with E-state index in [1.165, 1.54) is 12.0 Å². The number of ketones is 1. The lowest BCUT2D eigenvalue weighted by molar-refractivity contribution is -0.144. The number of Topliss-reactive ketones (excluding diaryl/α,β-unsaturated/α-hetero) is 1. The van der Waals surface area contributed by atoms with E-state index in [1.807, 2.05) is 27.7 Å². The van der Waals surface area contributed by atoms with Crippen molar-refractivity contribution in [3.05, 3.63) is 23.8 Å². The third-order valence-electron chi connectivity index (χ3n) is 4.53. The number of fused-ring (bicyclic) bond motifs is 1. The fourth-order valence-electron chi connectivity index (χ4n) is 3.13. The van der Waals surface area contributed by atoms with Crippen molar-refractivity contribution in [1.29, 1.82) is 0 Å². The Kier molecular flexibility index (Phi) is 6.40. The zero-order valence-corrected chi connectivity index (χ0v) is 16.1. The molecule has 1 aromatic rings. The van der Waals surface area contributed by atoms with E-state index in [-0.39, 0.29) is 17.6 Å². The number of carbonyl (C=O) groups is 3. The van der Waals surface area contributed by atoms with E-state index in [0.29, 0.717) is 29.8 Å². The molecule has 6 heteroatoms. The van der Waals surface area contributed by atoms with Crippen LogP contribution in [0.15, 0.2) is 18.2 Å². The van der Waals surface area contributed by atoms with E-state index in [1.54, 1.807) is 18.2 Å². The zero-order chi connectivity index (χ0) is 19.4. The molecule has 0 saturated heterocycles. The quantitative estimate of drug-likeness (QED) is 0.550. The summed E-state index contributed by atoms with van der Waals surface area (Å²) < 4.78 is 10.8. The van der Waals surface area contributed by atoms with Crippen LogP contribution in [0.2, 0.25) is 0 Å². The smallest absolute Gasteiger partial charge is 0.328 e. The summed E-state index contributed by atoms with van der Waals surface area (Å²) in [5, 5.41) is 0. The molecule has 26 heavy (non-hydrogen) atoms. The van der Waals surface area contributed by atoms with Gasteiger partial charge in [-0.25, -0.2) is 4.79 Å². The van der Waals surface area contributed by atoms with Gasteiger partial charge in [0, 0.05) is 12.0 Å². The molecule has 0 bridgehead atoms. The molecule has 2 atom stereocenters. The Hall–Kier alpha value is -2.37. The van der Waals surface area contributed by atoms with Crippen LogP contribution in [0, 0.1) is 5.92 Å². The summed E-state index contributed by atoms with van der Waals surface area (Å²) in [5.74, 6) is -0.334. The molecule has 0 aliphatic carbocycles. The van der Waals surface area contributed by atoms with Crippen LogP contribution in [-0.2, 0) is 14.3 Å². The minimum Gasteiger partial charge on any atom is -0.478 e. The average Bonchev–Trinajstić information content (AvgIpc) is 2.62. The number of hydrogen-bond acceptors (Lipinski definition) is 5. The lowest BCUT2D eigenvalue weighted by Gasteiger charge is -2.39. The number of nitrogens with zero attached hydrogens (tertiary/aromatic N) is 1. The number of ether oxygens (including phenoxy) is 2. The molecule has 0 radical (unpaired) electrons. The van der Waals surface area contributed by atoms with Crippen LogP contribution in [0.1, 0.15) is 57.3 Å². The molecule has 2 unspecified atom stereocenters. The molecule has 1 amide bonds. The maximum Gasteiger partial charge on any atom is 0.328 e. The first-order chi connectivity index (χ1) is 12.3. The van der Waals surface area contributed by atoms with Crippen LogP contribution in [0.5, 0.6) is 5.75 Å². The second-order valence-electron chi connectivity index (χ2n) is 6.79. The van der Waals surface area contributed by atoms with Crippen LogP contribution in [-0.4, -0.2) is 36.9 Å². The maximum absolute atomic E-state index is 13.1. The van der Waals surface area contributed by atoms with Crippen molar-refractivity contribution in [2.75, 3.05) is 12.0 Å². The van der Waals surface area contributed by atoms with Gasteiger partial charge in [-0.05, 0) is 37.0 Å². The average molecular weight is 361 g/mol. The molecule has 0 fully saturated rings. The monoisotopic (exact) mass is 361 g/mol. The van der Waals surface area contributed by atoms with Crippen molar-refractivity contribution in [2.24, 2.45) is 5.92 Å². The van der Waals surface area contributed by atoms with E-state index in [4.69, 9.17) is 9.47 Å². The summed E-state index contributed by atoms with van der Waals surface area (Å²) in [4.78, 5) is 39.1. The number of rotatable bonds is 7. The SMILES string of the molecule is CCCC(=O)c1ccc2c(c1)N(C(CC)C(=O)OC)C(=O)C(C(C)C)O2. The molecule has 6 nitrogen and oxygen atoms in total. The fraction of sp³-hybridized carbons (Fsp3) is 0.550. The predicted molar refractivity (Wildman–Crippen MR) is 98.5 cm³/mol. The third kappa shape index (κ3) is 3.74. The van der Waals surface area contributed by atoms with Gasteiger partial charge in [0.05, 0.1) is 12.8 Å². The van der Waals surface area contributed by atoms with E-state index < -0.39 is 18.1 Å². The molecular formula is C20H27NO5. The van der Waals surface area contributed by atoms with Crippen LogP contribution in [0.4, 0.5) is 5.69 Å². The van der Waals surface area contributed by atoms with Crippen molar-refractivity contribution in [2.45, 2.75) is 59.1 Å². The summed E-state index contributed by atoms with van der Waals surface area (Å²) in [7, 11) is 1.30. The minimum absolute atomic E-state index is 0.000187. The number of methoxy groups -OCH3 is 1. The summed E-state index contributed by atoms with van der Waals surface area (Å²) in [6.07, 6.45) is 0.884. The van der Waals surface area contributed by atoms with Crippen molar-refractivity contribution >= 4 is 23.3 Å². The van der Waals surface area contributed by atoms with E-state index in [2.05, 4.69) is 0 Å². The number of anilines is 1. The first-order valence-corrected chi connectivity index (χ1v) is 9.10. The Bertz CT molecular complexity index is 697. The Balaban J connectivity index is 2.57. The van der Waals surface area contributed by atoms with Crippen LogP contribution in [0.25, 0.3) is 0 Å². The Morgan fingerprint density at radius 1 is 1.27 bits per heavy atom. The van der Waals surface area contributed by atoms with Crippen LogP contribution in [0.3, 0.4) is 0 Å². The molecular weight excluding hydrogens is 334 g/mol. The van der Waals surface area contributed by atoms with Crippen LogP contribution < -0.4 is 9.64 Å².